The maximum absolute atomic E-state index is 13.4. The van der Waals surface area contributed by atoms with Crippen LogP contribution in [0.25, 0.3) is 0 Å². The van der Waals surface area contributed by atoms with Crippen molar-refractivity contribution in [2.75, 3.05) is 6.61 Å². The van der Waals surface area contributed by atoms with E-state index in [1.54, 1.807) is 19.9 Å². The second-order valence-corrected chi connectivity index (χ2v) is 14.0. The Morgan fingerprint density at radius 1 is 1.11 bits per heavy atom. The van der Waals surface area contributed by atoms with Crippen molar-refractivity contribution < 1.29 is 35.1 Å². The molecule has 7 heteroatoms. The van der Waals surface area contributed by atoms with E-state index in [1.165, 1.54) is 0 Å². The topological polar surface area (TPSA) is 131 Å². The highest BCUT2D eigenvalue weighted by atomic mass is 16.6. The highest BCUT2D eigenvalue weighted by Crippen LogP contribution is 2.69. The molecule has 5 N–H and O–H groups in total. The summed E-state index contributed by atoms with van der Waals surface area (Å²) in [5.74, 6) is -0.743. The third-order valence-corrected chi connectivity index (χ3v) is 12.2. The SMILES string of the molecule is CCC[C@@](O)([C@H]1CC[C@@]2(O)C3=CC(=O)[C@@H]4C[C@@H](O)CC[C@]4(C)[C@H]3CC[C@]12C)[C@H]1O[C@@H]1[C@](C)(O)[C@H](C)CO. The summed E-state index contributed by atoms with van der Waals surface area (Å²) in [6.45, 7) is 9.56. The number of aliphatic hydroxyl groups is 5. The maximum Gasteiger partial charge on any atom is 0.159 e. The van der Waals surface area contributed by atoms with Gasteiger partial charge in [-0.3, -0.25) is 4.79 Å². The normalized spacial score (nSPS) is 49.1. The van der Waals surface area contributed by atoms with E-state index in [2.05, 4.69) is 13.8 Å². The van der Waals surface area contributed by atoms with E-state index in [1.807, 2.05) is 6.92 Å². The molecule has 0 radical (unpaired) electrons. The number of ether oxygens (including phenoxy) is 1. The van der Waals surface area contributed by atoms with Crippen LogP contribution in [0.2, 0.25) is 0 Å². The Kier molecular flexibility index (Phi) is 6.62. The molecule has 5 rings (SSSR count). The first-order valence-corrected chi connectivity index (χ1v) is 14.6. The number of aliphatic hydroxyl groups excluding tert-OH is 2. The van der Waals surface area contributed by atoms with Gasteiger partial charge in [-0.2, -0.15) is 0 Å². The largest absolute Gasteiger partial charge is 0.396 e. The van der Waals surface area contributed by atoms with E-state index in [0.717, 1.165) is 31.3 Å². The lowest BCUT2D eigenvalue weighted by molar-refractivity contribution is -0.157. The Balaban J connectivity index is 1.49. The smallest absolute Gasteiger partial charge is 0.159 e. The number of ketones is 1. The number of epoxide rings is 1. The van der Waals surface area contributed by atoms with Crippen molar-refractivity contribution in [2.24, 2.45) is 34.5 Å². The molecule has 1 heterocycles. The van der Waals surface area contributed by atoms with Crippen molar-refractivity contribution >= 4 is 5.78 Å². The zero-order valence-corrected chi connectivity index (χ0v) is 23.2. The number of hydrogen-bond donors (Lipinski definition) is 5. The van der Waals surface area contributed by atoms with Crippen LogP contribution in [0.4, 0.5) is 0 Å². The summed E-state index contributed by atoms with van der Waals surface area (Å²) in [6.07, 6.45) is 5.99. The van der Waals surface area contributed by atoms with Crippen LogP contribution in [0, 0.1) is 34.5 Å². The Hall–Kier alpha value is -0.830. The van der Waals surface area contributed by atoms with Gasteiger partial charge in [-0.1, -0.05) is 34.1 Å². The number of carbonyl (C=O) groups excluding carboxylic acids is 1. The van der Waals surface area contributed by atoms with E-state index in [-0.39, 0.29) is 35.6 Å². The Labute approximate surface area is 221 Å². The van der Waals surface area contributed by atoms with Crippen LogP contribution in [0.15, 0.2) is 11.6 Å². The van der Waals surface area contributed by atoms with Gasteiger partial charge in [0, 0.05) is 23.9 Å². The highest BCUT2D eigenvalue weighted by Gasteiger charge is 2.73. The predicted molar refractivity (Wildman–Crippen MR) is 138 cm³/mol. The molecule has 4 aliphatic carbocycles. The zero-order valence-electron chi connectivity index (χ0n) is 23.2. The van der Waals surface area contributed by atoms with Crippen LogP contribution in [-0.4, -0.2) is 73.0 Å². The van der Waals surface area contributed by atoms with E-state index in [4.69, 9.17) is 4.74 Å². The molecule has 1 aliphatic heterocycles. The van der Waals surface area contributed by atoms with Gasteiger partial charge in [0.15, 0.2) is 5.78 Å². The fourth-order valence-electron chi connectivity index (χ4n) is 9.44. The van der Waals surface area contributed by atoms with E-state index >= 15 is 0 Å². The summed E-state index contributed by atoms with van der Waals surface area (Å²) in [6, 6.07) is 0. The number of hydrogen-bond acceptors (Lipinski definition) is 7. The second-order valence-electron chi connectivity index (χ2n) is 14.0. The molecule has 1 saturated heterocycles. The Morgan fingerprint density at radius 2 is 1.81 bits per heavy atom. The van der Waals surface area contributed by atoms with Crippen molar-refractivity contribution in [1.29, 1.82) is 0 Å². The van der Waals surface area contributed by atoms with Crippen molar-refractivity contribution in [3.05, 3.63) is 11.6 Å². The first-order chi connectivity index (χ1) is 17.2. The molecule has 0 aromatic rings. The van der Waals surface area contributed by atoms with Crippen molar-refractivity contribution in [2.45, 2.75) is 128 Å². The van der Waals surface area contributed by atoms with Crippen molar-refractivity contribution in [3.63, 3.8) is 0 Å². The van der Waals surface area contributed by atoms with E-state index < -0.39 is 46.4 Å². The molecule has 3 saturated carbocycles. The molecule has 7 nitrogen and oxygen atoms in total. The minimum Gasteiger partial charge on any atom is -0.396 e. The maximum atomic E-state index is 13.4. The van der Waals surface area contributed by atoms with Gasteiger partial charge in [0.05, 0.1) is 22.9 Å². The van der Waals surface area contributed by atoms with Gasteiger partial charge < -0.3 is 30.3 Å². The van der Waals surface area contributed by atoms with Crippen LogP contribution < -0.4 is 0 Å². The molecule has 0 amide bonds. The summed E-state index contributed by atoms with van der Waals surface area (Å²) < 4.78 is 6.03. The van der Waals surface area contributed by atoms with Gasteiger partial charge in [-0.25, -0.2) is 0 Å². The summed E-state index contributed by atoms with van der Waals surface area (Å²) in [4.78, 5) is 13.4. The number of fused-ring (bicyclic) bond motifs is 5. The Morgan fingerprint density at radius 3 is 2.46 bits per heavy atom. The van der Waals surface area contributed by atoms with Crippen LogP contribution in [-0.2, 0) is 9.53 Å². The molecule has 0 bridgehead atoms. The van der Waals surface area contributed by atoms with Gasteiger partial charge in [-0.05, 0) is 87.2 Å². The molecule has 5 aliphatic rings. The van der Waals surface area contributed by atoms with E-state index in [0.29, 0.717) is 32.1 Å². The summed E-state index contributed by atoms with van der Waals surface area (Å²) in [7, 11) is 0. The van der Waals surface area contributed by atoms with Crippen LogP contribution in [0.5, 0.6) is 0 Å². The summed E-state index contributed by atoms with van der Waals surface area (Å²) in [5, 5.41) is 55.9. The lowest BCUT2D eigenvalue weighted by Gasteiger charge is -2.60. The standard InChI is InChI=1S/C30H48O7/c1-6-10-29(35,25-24(37-25)28(5,34)17(2)16-31)23-9-13-30(36)20-15-22(33)21-14-18(32)7-11-26(21,3)19(20)8-12-27(23,30)4/h15,17-19,21,23-25,31-32,34-36H,6-14,16H2,1-5H3/t17-,18+,19+,21+,23+,24+,25+,26-,27-,28-,29-,30-/m1/s1. The Bertz CT molecular complexity index is 962. The monoisotopic (exact) mass is 520 g/mol. The number of allylic oxidation sites excluding steroid dienone is 1. The fraction of sp³-hybridized carbons (Fsp3) is 0.900. The van der Waals surface area contributed by atoms with Gasteiger partial charge >= 0.3 is 0 Å². The van der Waals surface area contributed by atoms with Crippen molar-refractivity contribution in [3.8, 4) is 0 Å². The molecule has 0 spiro atoms. The molecule has 12 atom stereocenters. The predicted octanol–water partition coefficient (Wildman–Crippen LogP) is 2.90. The summed E-state index contributed by atoms with van der Waals surface area (Å²) in [5.41, 5.74) is -3.75. The van der Waals surface area contributed by atoms with Crippen LogP contribution in [0.3, 0.4) is 0 Å². The molecule has 0 aromatic carbocycles. The molecule has 0 unspecified atom stereocenters. The van der Waals surface area contributed by atoms with Gasteiger partial charge in [0.1, 0.15) is 12.2 Å². The van der Waals surface area contributed by atoms with Gasteiger partial charge in [0.25, 0.3) is 0 Å². The molecular weight excluding hydrogens is 472 g/mol. The quantitative estimate of drug-likeness (QED) is 0.326. The van der Waals surface area contributed by atoms with Crippen LogP contribution in [0.1, 0.15) is 92.4 Å². The summed E-state index contributed by atoms with van der Waals surface area (Å²) >= 11 is 0. The molecule has 37 heavy (non-hydrogen) atoms. The lowest BCUT2D eigenvalue weighted by Crippen LogP contribution is -2.62. The average molecular weight is 521 g/mol. The molecule has 210 valence electrons. The van der Waals surface area contributed by atoms with Gasteiger partial charge in [-0.15, -0.1) is 0 Å². The zero-order chi connectivity index (χ0) is 27.2. The fourth-order valence-corrected chi connectivity index (χ4v) is 9.44. The first kappa shape index (κ1) is 27.7. The highest BCUT2D eigenvalue weighted by molar-refractivity contribution is 5.95. The van der Waals surface area contributed by atoms with Crippen LogP contribution >= 0.6 is 0 Å². The lowest BCUT2D eigenvalue weighted by atomic mass is 9.45. The minimum absolute atomic E-state index is 0.0251. The van der Waals surface area contributed by atoms with Crippen molar-refractivity contribution in [1.82, 2.24) is 0 Å². The third-order valence-electron chi connectivity index (χ3n) is 12.2. The second kappa shape index (κ2) is 8.84. The molecule has 0 aromatic heterocycles. The van der Waals surface area contributed by atoms with E-state index in [9.17, 15) is 30.3 Å². The number of carbonyl (C=O) groups is 1. The average Bonchev–Trinajstić information content (AvgIpc) is 3.61. The molecule has 4 fully saturated rings. The minimum atomic E-state index is -1.28. The molecular formula is C30H48O7. The first-order valence-electron chi connectivity index (χ1n) is 14.6. The van der Waals surface area contributed by atoms with Gasteiger partial charge in [0.2, 0.25) is 0 Å². The number of rotatable bonds is 7. The third kappa shape index (κ3) is 3.71.